The van der Waals surface area contributed by atoms with Gasteiger partial charge in [-0.1, -0.05) is 53.2 Å². The lowest BCUT2D eigenvalue weighted by molar-refractivity contribution is -0.125. The van der Waals surface area contributed by atoms with Crippen LogP contribution in [0.2, 0.25) is 0 Å². The Balaban J connectivity index is 1.73. The number of anilines is 1. The lowest BCUT2D eigenvalue weighted by atomic mass is 9.77. The van der Waals surface area contributed by atoms with Crippen LogP contribution in [-0.4, -0.2) is 29.4 Å². The molecule has 1 aliphatic heterocycles. The number of hydrogen-bond acceptors (Lipinski definition) is 3. The van der Waals surface area contributed by atoms with E-state index in [0.29, 0.717) is 6.42 Å². The predicted molar refractivity (Wildman–Crippen MR) is 105 cm³/mol. The van der Waals surface area contributed by atoms with Crippen molar-refractivity contribution in [1.82, 2.24) is 4.90 Å². The maximum absolute atomic E-state index is 12.4. The molecule has 0 aromatic heterocycles. The van der Waals surface area contributed by atoms with Gasteiger partial charge in [-0.2, -0.15) is 0 Å². The van der Waals surface area contributed by atoms with E-state index in [2.05, 4.69) is 57.3 Å². The van der Waals surface area contributed by atoms with Gasteiger partial charge in [0, 0.05) is 35.7 Å². The third-order valence-electron chi connectivity index (χ3n) is 5.10. The zero-order chi connectivity index (χ0) is 17.9. The molecule has 0 unspecified atom stereocenters. The van der Waals surface area contributed by atoms with E-state index < -0.39 is 5.54 Å². The zero-order valence-corrected chi connectivity index (χ0v) is 16.0. The van der Waals surface area contributed by atoms with Crippen molar-refractivity contribution in [3.63, 3.8) is 0 Å². The van der Waals surface area contributed by atoms with Crippen molar-refractivity contribution >= 4 is 27.5 Å². The van der Waals surface area contributed by atoms with Crippen LogP contribution >= 0.6 is 15.9 Å². The van der Waals surface area contributed by atoms with Gasteiger partial charge in [-0.3, -0.25) is 9.69 Å². The van der Waals surface area contributed by atoms with Crippen LogP contribution in [0.25, 0.3) is 0 Å². The van der Waals surface area contributed by atoms with E-state index in [4.69, 9.17) is 5.73 Å². The third kappa shape index (κ3) is 4.05. The summed E-state index contributed by atoms with van der Waals surface area (Å²) in [4.78, 5) is 14.7. The number of primary amides is 1. The van der Waals surface area contributed by atoms with Gasteiger partial charge in [0.1, 0.15) is 5.54 Å². The monoisotopic (exact) mass is 401 g/mol. The molecular formula is C20H24BrN3O. The van der Waals surface area contributed by atoms with Crippen molar-refractivity contribution < 1.29 is 4.79 Å². The summed E-state index contributed by atoms with van der Waals surface area (Å²) in [6.45, 7) is 4.68. The first-order chi connectivity index (χ1) is 12.0. The van der Waals surface area contributed by atoms with Crippen molar-refractivity contribution in [2.45, 2.75) is 25.4 Å². The standard InChI is InChI=1S/C20H24BrN3O/c1-15-13-24(14-16-5-3-2-4-6-16)12-11-20(15,19(22)25)23-18-9-7-17(21)8-10-18/h2-10,15,23H,11-14H2,1H3,(H2,22,25)/t15-,20+/m1/s1. The first-order valence-electron chi connectivity index (χ1n) is 8.59. The van der Waals surface area contributed by atoms with E-state index in [0.717, 1.165) is 29.8 Å². The Labute approximate surface area is 157 Å². The van der Waals surface area contributed by atoms with Gasteiger partial charge in [0.15, 0.2) is 0 Å². The van der Waals surface area contributed by atoms with Crippen LogP contribution in [-0.2, 0) is 11.3 Å². The van der Waals surface area contributed by atoms with Crippen molar-refractivity contribution in [2.24, 2.45) is 11.7 Å². The summed E-state index contributed by atoms with van der Waals surface area (Å²) in [7, 11) is 0. The first-order valence-corrected chi connectivity index (χ1v) is 9.39. The molecule has 1 heterocycles. The van der Waals surface area contributed by atoms with E-state index in [9.17, 15) is 4.79 Å². The predicted octanol–water partition coefficient (Wildman–Crippen LogP) is 3.63. The number of carbonyl (C=O) groups is 1. The SMILES string of the molecule is C[C@@H]1CN(Cc2ccccc2)CC[C@@]1(Nc1ccc(Br)cc1)C(N)=O. The van der Waals surface area contributed by atoms with E-state index in [1.165, 1.54) is 5.56 Å². The molecule has 0 spiro atoms. The first kappa shape index (κ1) is 18.0. The number of amides is 1. The van der Waals surface area contributed by atoms with Gasteiger partial charge >= 0.3 is 0 Å². The summed E-state index contributed by atoms with van der Waals surface area (Å²) in [5.74, 6) is -0.159. The van der Waals surface area contributed by atoms with E-state index >= 15 is 0 Å². The van der Waals surface area contributed by atoms with Crippen molar-refractivity contribution in [3.05, 3.63) is 64.6 Å². The number of hydrogen-bond donors (Lipinski definition) is 2. The van der Waals surface area contributed by atoms with Gasteiger partial charge < -0.3 is 11.1 Å². The number of piperidine rings is 1. The van der Waals surface area contributed by atoms with Gasteiger partial charge in [0.25, 0.3) is 0 Å². The molecule has 132 valence electrons. The lowest BCUT2D eigenvalue weighted by Crippen LogP contribution is -2.62. The Kier molecular flexibility index (Phi) is 5.45. The summed E-state index contributed by atoms with van der Waals surface area (Å²) < 4.78 is 1.01. The van der Waals surface area contributed by atoms with Crippen LogP contribution in [0, 0.1) is 5.92 Å². The fourth-order valence-electron chi connectivity index (χ4n) is 3.60. The highest BCUT2D eigenvalue weighted by Crippen LogP contribution is 2.32. The summed E-state index contributed by atoms with van der Waals surface area (Å²) in [5.41, 5.74) is 7.35. The molecule has 1 amide bonds. The van der Waals surface area contributed by atoms with E-state index in [1.54, 1.807) is 0 Å². The quantitative estimate of drug-likeness (QED) is 0.803. The van der Waals surface area contributed by atoms with E-state index in [-0.39, 0.29) is 11.8 Å². The van der Waals surface area contributed by atoms with E-state index in [1.807, 2.05) is 30.3 Å². The van der Waals surface area contributed by atoms with Crippen LogP contribution < -0.4 is 11.1 Å². The molecule has 3 N–H and O–H groups in total. The van der Waals surface area contributed by atoms with Crippen LogP contribution in [0.1, 0.15) is 18.9 Å². The minimum atomic E-state index is -0.707. The molecule has 0 aliphatic carbocycles. The van der Waals surface area contributed by atoms with Gasteiger partial charge in [-0.05, 0) is 36.2 Å². The second-order valence-corrected chi connectivity index (χ2v) is 7.75. The highest BCUT2D eigenvalue weighted by Gasteiger charge is 2.45. The molecule has 3 rings (SSSR count). The van der Waals surface area contributed by atoms with Crippen molar-refractivity contribution in [3.8, 4) is 0 Å². The molecule has 4 nitrogen and oxygen atoms in total. The number of carbonyl (C=O) groups excluding carboxylic acids is 1. The van der Waals surface area contributed by atoms with Crippen LogP contribution in [0.3, 0.4) is 0 Å². The van der Waals surface area contributed by atoms with Gasteiger partial charge in [-0.15, -0.1) is 0 Å². The number of rotatable bonds is 5. The number of likely N-dealkylation sites (tertiary alicyclic amines) is 1. The summed E-state index contributed by atoms with van der Waals surface area (Å²) in [6, 6.07) is 18.3. The minimum absolute atomic E-state index is 0.117. The van der Waals surface area contributed by atoms with Gasteiger partial charge in [0.05, 0.1) is 0 Å². The van der Waals surface area contributed by atoms with Crippen LogP contribution in [0.5, 0.6) is 0 Å². The van der Waals surface area contributed by atoms with Crippen molar-refractivity contribution in [1.29, 1.82) is 0 Å². The maximum Gasteiger partial charge on any atom is 0.243 e. The molecule has 1 saturated heterocycles. The molecule has 0 bridgehead atoms. The minimum Gasteiger partial charge on any atom is -0.371 e. The van der Waals surface area contributed by atoms with Gasteiger partial charge in [-0.25, -0.2) is 0 Å². The van der Waals surface area contributed by atoms with Crippen molar-refractivity contribution in [2.75, 3.05) is 18.4 Å². The molecule has 1 fully saturated rings. The number of nitrogens with one attached hydrogen (secondary N) is 1. The fraction of sp³-hybridized carbons (Fsp3) is 0.350. The Bertz CT molecular complexity index is 719. The highest BCUT2D eigenvalue weighted by molar-refractivity contribution is 9.10. The Morgan fingerprint density at radius 1 is 1.24 bits per heavy atom. The second kappa shape index (κ2) is 7.58. The average molecular weight is 402 g/mol. The number of nitrogens with two attached hydrogens (primary N) is 1. The summed E-state index contributed by atoms with van der Waals surface area (Å²) >= 11 is 3.44. The summed E-state index contributed by atoms with van der Waals surface area (Å²) in [5, 5.41) is 3.43. The normalized spacial score (nSPS) is 24.0. The molecule has 2 aromatic rings. The third-order valence-corrected chi connectivity index (χ3v) is 5.62. The lowest BCUT2D eigenvalue weighted by Gasteiger charge is -2.45. The summed E-state index contributed by atoms with van der Waals surface area (Å²) in [6.07, 6.45) is 0.701. The Hall–Kier alpha value is -1.85. The van der Waals surface area contributed by atoms with Crippen LogP contribution in [0.15, 0.2) is 59.1 Å². The number of nitrogens with zero attached hydrogens (tertiary/aromatic N) is 1. The molecule has 2 aromatic carbocycles. The topological polar surface area (TPSA) is 58.4 Å². The average Bonchev–Trinajstić information content (AvgIpc) is 2.60. The molecule has 1 aliphatic rings. The maximum atomic E-state index is 12.4. The zero-order valence-electron chi connectivity index (χ0n) is 14.4. The smallest absolute Gasteiger partial charge is 0.243 e. The Morgan fingerprint density at radius 2 is 1.92 bits per heavy atom. The highest BCUT2D eigenvalue weighted by atomic mass is 79.9. The molecule has 0 radical (unpaired) electrons. The number of benzene rings is 2. The largest absolute Gasteiger partial charge is 0.371 e. The second-order valence-electron chi connectivity index (χ2n) is 6.84. The molecule has 0 saturated carbocycles. The molecule has 5 heteroatoms. The Morgan fingerprint density at radius 3 is 2.52 bits per heavy atom. The molecule has 2 atom stereocenters. The van der Waals surface area contributed by atoms with Crippen LogP contribution in [0.4, 0.5) is 5.69 Å². The fourth-order valence-corrected chi connectivity index (χ4v) is 3.87. The molecular weight excluding hydrogens is 378 g/mol. The molecule has 25 heavy (non-hydrogen) atoms. The van der Waals surface area contributed by atoms with Gasteiger partial charge in [0.2, 0.25) is 5.91 Å². The number of halogens is 1.